The second kappa shape index (κ2) is 17.1. The molecule has 0 amide bonds. The fourth-order valence-electron chi connectivity index (χ4n) is 5.37. The second-order valence-electron chi connectivity index (χ2n) is 10.9. The molecular weight excluding hydrogens is 432 g/mol. The summed E-state index contributed by atoms with van der Waals surface area (Å²) in [4.78, 5) is 0. The molecule has 2 aromatic carbocycles. The summed E-state index contributed by atoms with van der Waals surface area (Å²) in [6, 6.07) is 17.3. The molecule has 1 fully saturated rings. The maximum absolute atomic E-state index is 3.33. The monoisotopic (exact) mass is 480 g/mol. The third-order valence-electron chi connectivity index (χ3n) is 7.85. The predicted octanol–water partition coefficient (Wildman–Crippen LogP) is 10.1. The first-order valence-electron chi connectivity index (χ1n) is 15.0. The minimum atomic E-state index is 0.936. The highest BCUT2D eigenvalue weighted by Gasteiger charge is 2.20. The van der Waals surface area contributed by atoms with Gasteiger partial charge in [-0.2, -0.15) is 0 Å². The maximum Gasteiger partial charge on any atom is 0.0249 e. The Hall–Kier alpha value is -2.44. The molecule has 0 saturated heterocycles. The van der Waals surface area contributed by atoms with Gasteiger partial charge in [-0.3, -0.25) is 0 Å². The highest BCUT2D eigenvalue weighted by Crippen LogP contribution is 2.34. The molecular formula is C36H48. The Morgan fingerprint density at radius 3 is 1.67 bits per heavy atom. The summed E-state index contributed by atoms with van der Waals surface area (Å²) in [5.74, 6) is 15.2. The van der Waals surface area contributed by atoms with Crippen LogP contribution in [0.3, 0.4) is 0 Å². The topological polar surface area (TPSA) is 0 Å². The van der Waals surface area contributed by atoms with Crippen LogP contribution in [-0.4, -0.2) is 0 Å². The average Bonchev–Trinajstić information content (AvgIpc) is 2.93. The van der Waals surface area contributed by atoms with Gasteiger partial charge >= 0.3 is 0 Å². The van der Waals surface area contributed by atoms with Crippen LogP contribution < -0.4 is 0 Å². The molecule has 0 nitrogen and oxygen atoms in total. The Bertz CT molecular complexity index is 963. The summed E-state index contributed by atoms with van der Waals surface area (Å²) in [7, 11) is 0. The van der Waals surface area contributed by atoms with E-state index in [9.17, 15) is 0 Å². The first kappa shape index (κ1) is 28.1. The van der Waals surface area contributed by atoms with Gasteiger partial charge < -0.3 is 0 Å². The van der Waals surface area contributed by atoms with E-state index in [4.69, 9.17) is 0 Å². The quantitative estimate of drug-likeness (QED) is 0.209. The molecule has 192 valence electrons. The zero-order valence-electron chi connectivity index (χ0n) is 23.1. The highest BCUT2D eigenvalue weighted by atomic mass is 14.3. The third kappa shape index (κ3) is 11.1. The minimum absolute atomic E-state index is 0.936. The minimum Gasteiger partial charge on any atom is -0.0979 e. The Labute approximate surface area is 222 Å². The van der Waals surface area contributed by atoms with E-state index in [0.29, 0.717) is 0 Å². The summed E-state index contributed by atoms with van der Waals surface area (Å²) in [6.07, 6.45) is 21.5. The van der Waals surface area contributed by atoms with Gasteiger partial charge in [0.15, 0.2) is 0 Å². The molecule has 0 aliphatic heterocycles. The van der Waals surface area contributed by atoms with E-state index in [2.05, 4.69) is 86.1 Å². The van der Waals surface area contributed by atoms with Crippen molar-refractivity contribution >= 4 is 0 Å². The van der Waals surface area contributed by atoms with Gasteiger partial charge in [-0.15, -0.1) is 0 Å². The van der Waals surface area contributed by atoms with E-state index in [1.807, 2.05) is 0 Å². The Morgan fingerprint density at radius 2 is 1.06 bits per heavy atom. The molecule has 36 heavy (non-hydrogen) atoms. The molecule has 0 radical (unpaired) electrons. The van der Waals surface area contributed by atoms with Crippen LogP contribution in [0.15, 0.2) is 48.5 Å². The molecule has 0 aromatic heterocycles. The van der Waals surface area contributed by atoms with Crippen molar-refractivity contribution in [3.8, 4) is 23.7 Å². The molecule has 0 atom stereocenters. The lowest BCUT2D eigenvalue weighted by molar-refractivity contribution is 0.250. The van der Waals surface area contributed by atoms with E-state index in [-0.39, 0.29) is 0 Å². The highest BCUT2D eigenvalue weighted by molar-refractivity contribution is 5.46. The Kier molecular flexibility index (Phi) is 13.4. The largest absolute Gasteiger partial charge is 0.0979 e. The molecule has 2 aromatic rings. The number of hydrogen-bond acceptors (Lipinski definition) is 0. The van der Waals surface area contributed by atoms with E-state index in [1.54, 1.807) is 0 Å². The van der Waals surface area contributed by atoms with E-state index in [1.165, 1.54) is 102 Å². The lowest BCUT2D eigenvalue weighted by Gasteiger charge is -2.28. The van der Waals surface area contributed by atoms with Crippen molar-refractivity contribution in [1.82, 2.24) is 0 Å². The van der Waals surface area contributed by atoms with Gasteiger partial charge in [-0.05, 0) is 73.1 Å². The van der Waals surface area contributed by atoms with Gasteiger partial charge in [-0.1, -0.05) is 127 Å². The smallest absolute Gasteiger partial charge is 0.0249 e. The SMILES string of the molecule is CCCCCCCCC#Cc1ccc(C#Cc2ccc(CC[C@H]3CC[C@H](CCCC)CC3)cc2)cc1. The van der Waals surface area contributed by atoms with E-state index in [0.717, 1.165) is 34.9 Å². The summed E-state index contributed by atoms with van der Waals surface area (Å²) in [6.45, 7) is 4.58. The number of unbranched alkanes of at least 4 members (excludes halogenated alkanes) is 7. The zero-order valence-corrected chi connectivity index (χ0v) is 23.1. The van der Waals surface area contributed by atoms with Gasteiger partial charge in [-0.25, -0.2) is 0 Å². The third-order valence-corrected chi connectivity index (χ3v) is 7.85. The predicted molar refractivity (Wildman–Crippen MR) is 157 cm³/mol. The standard InChI is InChI=1S/C36H48/c1-3-5-7-8-9-10-11-12-14-32-17-21-34(22-18-32)24-26-36-29-27-35(28-30-36)25-23-33-19-15-31(16-20-33)13-6-4-2/h17-18,21-22,27-31,33H,3-11,13,15-16,19-20,23,25H2,1-2H3/t31-,33-. The number of hydrogen-bond donors (Lipinski definition) is 0. The van der Waals surface area contributed by atoms with Crippen molar-refractivity contribution in [2.75, 3.05) is 0 Å². The van der Waals surface area contributed by atoms with Crippen molar-refractivity contribution in [3.05, 3.63) is 70.8 Å². The van der Waals surface area contributed by atoms with Gasteiger partial charge in [0.2, 0.25) is 0 Å². The number of rotatable bonds is 12. The molecule has 3 rings (SSSR count). The van der Waals surface area contributed by atoms with Crippen LogP contribution in [0.25, 0.3) is 0 Å². The fourth-order valence-corrected chi connectivity index (χ4v) is 5.37. The molecule has 0 heterocycles. The van der Waals surface area contributed by atoms with E-state index >= 15 is 0 Å². The van der Waals surface area contributed by atoms with Crippen LogP contribution in [0.5, 0.6) is 0 Å². The van der Waals surface area contributed by atoms with Crippen molar-refractivity contribution in [3.63, 3.8) is 0 Å². The Balaban J connectivity index is 1.37. The van der Waals surface area contributed by atoms with Gasteiger partial charge in [0.1, 0.15) is 0 Å². The molecule has 1 aliphatic carbocycles. The van der Waals surface area contributed by atoms with Crippen LogP contribution in [0.2, 0.25) is 0 Å². The van der Waals surface area contributed by atoms with Crippen LogP contribution in [-0.2, 0) is 6.42 Å². The van der Waals surface area contributed by atoms with Gasteiger partial charge in [0.05, 0.1) is 0 Å². The van der Waals surface area contributed by atoms with Crippen molar-refractivity contribution < 1.29 is 0 Å². The molecule has 0 spiro atoms. The molecule has 0 unspecified atom stereocenters. The molecule has 1 saturated carbocycles. The molecule has 0 heteroatoms. The van der Waals surface area contributed by atoms with Crippen LogP contribution in [0.1, 0.15) is 132 Å². The average molecular weight is 481 g/mol. The fraction of sp³-hybridized carbons (Fsp3) is 0.556. The first-order chi connectivity index (χ1) is 17.8. The molecule has 0 N–H and O–H groups in total. The van der Waals surface area contributed by atoms with Crippen molar-refractivity contribution in [2.45, 2.75) is 117 Å². The molecule has 0 bridgehead atoms. The van der Waals surface area contributed by atoms with Crippen LogP contribution in [0, 0.1) is 35.5 Å². The number of aryl methyl sites for hydroxylation is 1. The summed E-state index contributed by atoms with van der Waals surface area (Å²) in [5, 5.41) is 0. The zero-order chi connectivity index (χ0) is 25.3. The molecule has 1 aliphatic rings. The maximum atomic E-state index is 3.33. The van der Waals surface area contributed by atoms with Crippen LogP contribution in [0.4, 0.5) is 0 Å². The lowest BCUT2D eigenvalue weighted by atomic mass is 9.78. The van der Waals surface area contributed by atoms with Crippen molar-refractivity contribution in [2.24, 2.45) is 11.8 Å². The lowest BCUT2D eigenvalue weighted by Crippen LogP contribution is -2.15. The Morgan fingerprint density at radius 1 is 0.556 bits per heavy atom. The normalized spacial score (nSPS) is 17.1. The van der Waals surface area contributed by atoms with Gasteiger partial charge in [0.25, 0.3) is 0 Å². The number of benzene rings is 2. The summed E-state index contributed by atoms with van der Waals surface area (Å²) >= 11 is 0. The van der Waals surface area contributed by atoms with Crippen molar-refractivity contribution in [1.29, 1.82) is 0 Å². The van der Waals surface area contributed by atoms with E-state index < -0.39 is 0 Å². The van der Waals surface area contributed by atoms with Gasteiger partial charge in [0, 0.05) is 23.1 Å². The second-order valence-corrected chi connectivity index (χ2v) is 10.9. The summed E-state index contributed by atoms with van der Waals surface area (Å²) < 4.78 is 0. The first-order valence-corrected chi connectivity index (χ1v) is 15.0. The van der Waals surface area contributed by atoms with Crippen LogP contribution >= 0.6 is 0 Å². The summed E-state index contributed by atoms with van der Waals surface area (Å²) in [5.41, 5.74) is 4.69.